The highest BCUT2D eigenvalue weighted by Crippen LogP contribution is 2.25. The lowest BCUT2D eigenvalue weighted by Crippen LogP contribution is -2.61. The zero-order chi connectivity index (χ0) is 63.7. The van der Waals surface area contributed by atoms with Crippen LogP contribution in [0.5, 0.6) is 0 Å². The quantitative estimate of drug-likeness (QED) is 0.183. The smallest absolute Gasteiger partial charge is 0.247 e. The lowest BCUT2D eigenvalue weighted by atomic mass is 9.93. The molecule has 1 aliphatic rings. The molecule has 0 bridgehead atoms. The minimum Gasteiger partial charge on any atom is -0.493 e. The SMILES string of the molecule is C=C(C)O[C@@H](C1C(=O)N[C@@H](C)C(=O)N(C)CC(=O)N(C)[C@@H](CC(C)C)C(=O)NC(C(C)C)C(=O)N(C)[C@@H](CC(C)C)C(=O)N[C@@H](C)C(=O)N[C@H](C)C(=O)N(C)[C@@H](CC(C)C)C(=O)N(C)[C@@H](CC(C)C)C(=O)N(C)CC(=O)N1C)[C@H](C)CC. The number of ether oxygens (including phenoxy) is 1. The molecule has 0 aromatic heterocycles. The fourth-order valence-corrected chi connectivity index (χ4v) is 9.84. The second kappa shape index (κ2) is 33.1. The van der Waals surface area contributed by atoms with Gasteiger partial charge in [0.05, 0.1) is 18.8 Å². The van der Waals surface area contributed by atoms with Crippen LogP contribution in [0.2, 0.25) is 0 Å². The maximum atomic E-state index is 14.8. The van der Waals surface area contributed by atoms with Crippen molar-refractivity contribution in [3.8, 4) is 0 Å². The summed E-state index contributed by atoms with van der Waals surface area (Å²) in [7, 11) is 9.92. The van der Waals surface area contributed by atoms with Gasteiger partial charge in [-0.25, -0.2) is 0 Å². The van der Waals surface area contributed by atoms with Crippen molar-refractivity contribution < 1.29 is 57.5 Å². The molecule has 468 valence electrons. The van der Waals surface area contributed by atoms with E-state index in [4.69, 9.17) is 4.74 Å². The molecule has 0 radical (unpaired) electrons. The molecule has 11 atom stereocenters. The zero-order valence-corrected chi connectivity index (χ0v) is 53.9. The van der Waals surface area contributed by atoms with Crippen molar-refractivity contribution in [1.82, 2.24) is 55.6 Å². The van der Waals surface area contributed by atoms with Crippen LogP contribution in [0.3, 0.4) is 0 Å². The second-order valence-corrected chi connectivity index (χ2v) is 24.9. The summed E-state index contributed by atoms with van der Waals surface area (Å²) in [6.07, 6.45) is 0.174. The molecule has 1 heterocycles. The van der Waals surface area contributed by atoms with Gasteiger partial charge in [0.1, 0.15) is 60.5 Å². The summed E-state index contributed by atoms with van der Waals surface area (Å²) in [5.41, 5.74) is 0. The summed E-state index contributed by atoms with van der Waals surface area (Å²) < 4.78 is 6.17. The Labute approximate surface area is 490 Å². The van der Waals surface area contributed by atoms with E-state index >= 15 is 0 Å². The van der Waals surface area contributed by atoms with Crippen molar-refractivity contribution in [2.24, 2.45) is 35.5 Å². The average molecular weight is 1160 g/mol. The fraction of sp³-hybridized carbons (Fsp3) is 0.780. The molecular weight excluding hydrogens is 1050 g/mol. The number of carbonyl (C=O) groups is 11. The molecule has 23 nitrogen and oxygen atoms in total. The molecule has 4 N–H and O–H groups in total. The van der Waals surface area contributed by atoms with Crippen LogP contribution in [-0.2, 0) is 57.5 Å². The highest BCUT2D eigenvalue weighted by molar-refractivity contribution is 5.99. The van der Waals surface area contributed by atoms with E-state index in [0.717, 1.165) is 9.80 Å². The van der Waals surface area contributed by atoms with Crippen LogP contribution >= 0.6 is 0 Å². The third-order valence-electron chi connectivity index (χ3n) is 15.1. The van der Waals surface area contributed by atoms with E-state index in [-0.39, 0.29) is 61.0 Å². The first-order valence-corrected chi connectivity index (χ1v) is 29.1. The predicted octanol–water partition coefficient (Wildman–Crippen LogP) is 2.86. The topological polar surface area (TPSA) is 268 Å². The molecule has 23 heteroatoms. The first-order valence-electron chi connectivity index (χ1n) is 29.1. The Bertz CT molecular complexity index is 2260. The monoisotopic (exact) mass is 1160 g/mol. The molecule has 1 saturated heterocycles. The van der Waals surface area contributed by atoms with Gasteiger partial charge in [-0.3, -0.25) is 52.7 Å². The Morgan fingerprint density at radius 1 is 0.463 bits per heavy atom. The van der Waals surface area contributed by atoms with Crippen LogP contribution in [-0.4, -0.2) is 222 Å². The van der Waals surface area contributed by atoms with Gasteiger partial charge < -0.3 is 60.3 Å². The molecule has 0 saturated carbocycles. The van der Waals surface area contributed by atoms with Crippen molar-refractivity contribution in [2.75, 3.05) is 62.4 Å². The number of amides is 11. The second-order valence-electron chi connectivity index (χ2n) is 24.9. The van der Waals surface area contributed by atoms with Gasteiger partial charge in [-0.1, -0.05) is 89.7 Å². The van der Waals surface area contributed by atoms with Gasteiger partial charge in [0, 0.05) is 49.3 Å². The van der Waals surface area contributed by atoms with Crippen molar-refractivity contribution in [3.05, 3.63) is 12.3 Å². The van der Waals surface area contributed by atoms with E-state index in [1.165, 1.54) is 94.6 Å². The number of rotatable bonds is 14. The fourth-order valence-electron chi connectivity index (χ4n) is 9.84. The molecule has 1 fully saturated rings. The average Bonchev–Trinajstić information content (AvgIpc) is 3.38. The maximum absolute atomic E-state index is 14.8. The molecule has 82 heavy (non-hydrogen) atoms. The highest BCUT2D eigenvalue weighted by atomic mass is 16.5. The number of hydrogen-bond acceptors (Lipinski definition) is 12. The van der Waals surface area contributed by atoms with Crippen molar-refractivity contribution in [3.63, 3.8) is 0 Å². The van der Waals surface area contributed by atoms with E-state index in [9.17, 15) is 52.7 Å². The number of likely N-dealkylation sites (N-methyl/N-ethyl adjacent to an activating group) is 7. The standard InChI is InChI=1S/C59H105N11O12/c1-25-38(14)50(82-37(12)13)49-54(76)62-40(16)55(77)64(18)30-46(71)66(20)42(26-32(2)3)53(75)63-48(36(10)11)59(81)67(21)43(27-33(4)5)52(74)60-39(15)51(73)61-41(17)56(78)68(22)45(29-35(8)9)58(80)69(23)44(28-34(6)7)57(79)65(19)31-47(72)70(49)24/h32-36,38-45,48-50H,12,25-31H2,1-11,13-24H3,(H,60,74)(H,61,73)(H,62,76)(H,63,75)/t38-,39+,40+,41-,42+,43+,44+,45+,48?,49?,50-/m1/s1. The van der Waals surface area contributed by atoms with Crippen LogP contribution in [0.1, 0.15) is 143 Å². The van der Waals surface area contributed by atoms with E-state index in [2.05, 4.69) is 27.8 Å². The molecule has 1 aliphatic heterocycles. The summed E-state index contributed by atoms with van der Waals surface area (Å²) in [4.78, 5) is 166. The molecular formula is C59H105N11O12. The van der Waals surface area contributed by atoms with Crippen LogP contribution in [0, 0.1) is 35.5 Å². The molecule has 1 rings (SSSR count). The van der Waals surface area contributed by atoms with Gasteiger partial charge in [0.15, 0.2) is 0 Å². The normalized spacial score (nSPS) is 26.3. The number of nitrogens with one attached hydrogen (secondary N) is 4. The largest absolute Gasteiger partial charge is 0.493 e. The predicted molar refractivity (Wildman–Crippen MR) is 315 cm³/mol. The van der Waals surface area contributed by atoms with E-state index in [1.807, 2.05) is 69.2 Å². The van der Waals surface area contributed by atoms with Crippen molar-refractivity contribution >= 4 is 65.0 Å². The van der Waals surface area contributed by atoms with Crippen molar-refractivity contribution in [2.45, 2.75) is 203 Å². The lowest BCUT2D eigenvalue weighted by molar-refractivity contribution is -0.153. The zero-order valence-electron chi connectivity index (χ0n) is 53.9. The number of nitrogens with zero attached hydrogens (tertiary/aromatic N) is 7. The minimum absolute atomic E-state index is 0.123. The highest BCUT2D eigenvalue weighted by Gasteiger charge is 2.43. The summed E-state index contributed by atoms with van der Waals surface area (Å²) in [6.45, 7) is 30.8. The van der Waals surface area contributed by atoms with Crippen LogP contribution in [0.15, 0.2) is 12.3 Å². The van der Waals surface area contributed by atoms with Gasteiger partial charge in [0.2, 0.25) is 65.0 Å². The van der Waals surface area contributed by atoms with Crippen LogP contribution in [0.25, 0.3) is 0 Å². The molecule has 0 aliphatic carbocycles. The summed E-state index contributed by atoms with van der Waals surface area (Å²) >= 11 is 0. The molecule has 0 spiro atoms. The number of allylic oxidation sites excluding steroid dienone is 1. The molecule has 2 unspecified atom stereocenters. The third-order valence-corrected chi connectivity index (χ3v) is 15.1. The number of carbonyl (C=O) groups excluding carboxylic acids is 11. The Morgan fingerprint density at radius 3 is 1.28 bits per heavy atom. The maximum Gasteiger partial charge on any atom is 0.247 e. The van der Waals surface area contributed by atoms with Crippen LogP contribution < -0.4 is 21.3 Å². The van der Waals surface area contributed by atoms with E-state index in [0.29, 0.717) is 6.42 Å². The van der Waals surface area contributed by atoms with Crippen molar-refractivity contribution in [1.29, 1.82) is 0 Å². The van der Waals surface area contributed by atoms with Gasteiger partial charge in [-0.15, -0.1) is 0 Å². The minimum atomic E-state index is -1.39. The van der Waals surface area contributed by atoms with E-state index < -0.39 is 144 Å². The number of hydrogen-bond donors (Lipinski definition) is 4. The summed E-state index contributed by atoms with van der Waals surface area (Å²) in [5.74, 6) is -8.35. The van der Waals surface area contributed by atoms with Crippen LogP contribution in [0.4, 0.5) is 0 Å². The molecule has 0 aromatic rings. The van der Waals surface area contributed by atoms with Gasteiger partial charge >= 0.3 is 0 Å². The third kappa shape index (κ3) is 21.2. The Balaban J connectivity index is 4.19. The Kier molecular flexibility index (Phi) is 29.8. The summed E-state index contributed by atoms with van der Waals surface area (Å²) in [6, 6.07) is -10.7. The van der Waals surface area contributed by atoms with Gasteiger partial charge in [-0.2, -0.15) is 0 Å². The lowest BCUT2D eigenvalue weighted by Gasteiger charge is -2.39. The van der Waals surface area contributed by atoms with Gasteiger partial charge in [0.25, 0.3) is 0 Å². The first-order chi connectivity index (χ1) is 37.7. The van der Waals surface area contributed by atoms with Gasteiger partial charge in [-0.05, 0) is 95.3 Å². The Morgan fingerprint density at radius 2 is 0.829 bits per heavy atom. The Hall–Kier alpha value is -6.29. The van der Waals surface area contributed by atoms with E-state index in [1.54, 1.807) is 20.8 Å². The first kappa shape index (κ1) is 73.7. The summed E-state index contributed by atoms with van der Waals surface area (Å²) in [5, 5.41) is 10.9. The molecule has 11 amide bonds. The molecule has 0 aromatic carbocycles.